The number of ketones is 1. The van der Waals surface area contributed by atoms with Crippen molar-refractivity contribution in [1.82, 2.24) is 0 Å². The highest BCUT2D eigenvalue weighted by atomic mass is 16.1. The molecule has 0 aliphatic heterocycles. The Morgan fingerprint density at radius 3 is 1.56 bits per heavy atom. The molecule has 4 aliphatic rings. The zero-order valence-electron chi connectivity index (χ0n) is 9.51. The second kappa shape index (κ2) is 3.09. The summed E-state index contributed by atoms with van der Waals surface area (Å²) >= 11 is 0. The molecule has 0 aromatic heterocycles. The van der Waals surface area contributed by atoms with Crippen LogP contribution in [0.3, 0.4) is 0 Å². The van der Waals surface area contributed by atoms with Gasteiger partial charge >= 0.3 is 0 Å². The Balaban J connectivity index is 1.54. The minimum atomic E-state index is 0.382. The van der Waals surface area contributed by atoms with Crippen molar-refractivity contribution >= 4 is 5.78 Å². The lowest BCUT2D eigenvalue weighted by Gasteiger charge is -2.24. The Kier molecular flexibility index (Phi) is 1.78. The molecule has 1 heteroatoms. The van der Waals surface area contributed by atoms with Crippen LogP contribution in [-0.4, -0.2) is 5.78 Å². The molecule has 0 amide bonds. The quantitative estimate of drug-likeness (QED) is 0.646. The van der Waals surface area contributed by atoms with E-state index in [0.29, 0.717) is 29.5 Å². The summed E-state index contributed by atoms with van der Waals surface area (Å²) in [6.07, 6.45) is 14.1. The standard InChI is InChI=1S/C15H18O/c16-15(13-7-9-1-3-11(13)5-9)14-8-10-2-4-12(14)6-10/h1-4,9-14H,5-8H2. The molecule has 0 aromatic rings. The van der Waals surface area contributed by atoms with Gasteiger partial charge in [-0.05, 0) is 49.4 Å². The van der Waals surface area contributed by atoms with Crippen LogP contribution in [0.15, 0.2) is 24.3 Å². The van der Waals surface area contributed by atoms with Gasteiger partial charge in [0, 0.05) is 11.8 Å². The monoisotopic (exact) mass is 214 g/mol. The van der Waals surface area contributed by atoms with Gasteiger partial charge in [0.25, 0.3) is 0 Å². The zero-order valence-corrected chi connectivity index (χ0v) is 9.51. The number of carbonyl (C=O) groups is 1. The van der Waals surface area contributed by atoms with Gasteiger partial charge in [-0.25, -0.2) is 0 Å². The highest BCUT2D eigenvalue weighted by Crippen LogP contribution is 2.50. The van der Waals surface area contributed by atoms with Crippen LogP contribution in [0.2, 0.25) is 0 Å². The van der Waals surface area contributed by atoms with Crippen molar-refractivity contribution in [3.63, 3.8) is 0 Å². The summed E-state index contributed by atoms with van der Waals surface area (Å²) in [5.41, 5.74) is 0. The van der Waals surface area contributed by atoms with Gasteiger partial charge in [-0.1, -0.05) is 24.3 Å². The number of fused-ring (bicyclic) bond motifs is 4. The van der Waals surface area contributed by atoms with E-state index < -0.39 is 0 Å². The first-order valence-corrected chi connectivity index (χ1v) is 6.71. The molecule has 84 valence electrons. The smallest absolute Gasteiger partial charge is 0.140 e. The molecule has 0 N–H and O–H groups in total. The molecule has 2 saturated carbocycles. The van der Waals surface area contributed by atoms with Crippen LogP contribution < -0.4 is 0 Å². The molecule has 6 atom stereocenters. The van der Waals surface area contributed by atoms with Crippen molar-refractivity contribution in [1.29, 1.82) is 0 Å². The van der Waals surface area contributed by atoms with Crippen LogP contribution in [-0.2, 0) is 4.79 Å². The van der Waals surface area contributed by atoms with Crippen molar-refractivity contribution in [2.24, 2.45) is 35.5 Å². The molecule has 0 heterocycles. The first kappa shape index (κ1) is 9.21. The predicted octanol–water partition coefficient (Wildman–Crippen LogP) is 2.98. The first-order chi connectivity index (χ1) is 7.81. The lowest BCUT2D eigenvalue weighted by atomic mass is 9.79. The molecule has 4 bridgehead atoms. The molecule has 0 spiro atoms. The maximum Gasteiger partial charge on any atom is 0.140 e. The van der Waals surface area contributed by atoms with Crippen molar-refractivity contribution in [3.05, 3.63) is 24.3 Å². The van der Waals surface area contributed by atoms with Gasteiger partial charge in [0.15, 0.2) is 0 Å². The Morgan fingerprint density at radius 2 is 1.25 bits per heavy atom. The SMILES string of the molecule is O=C(C1CC2C=CC1C2)C1CC2C=CC1C2. The number of Topliss-reactive ketones (excluding diaryl/α,β-unsaturated/α-hetero) is 1. The number of hydrogen-bond acceptors (Lipinski definition) is 1. The fraction of sp³-hybridized carbons (Fsp3) is 0.667. The summed E-state index contributed by atoms with van der Waals surface area (Å²) in [5.74, 6) is 4.02. The molecule has 0 radical (unpaired) electrons. The lowest BCUT2D eigenvalue weighted by molar-refractivity contribution is -0.128. The second-order valence-electron chi connectivity index (χ2n) is 6.18. The molecule has 0 saturated heterocycles. The van der Waals surface area contributed by atoms with Gasteiger partial charge in [-0.2, -0.15) is 0 Å². The molecule has 1 nitrogen and oxygen atoms in total. The van der Waals surface area contributed by atoms with Crippen LogP contribution in [0.4, 0.5) is 0 Å². The van der Waals surface area contributed by atoms with Crippen molar-refractivity contribution in [2.75, 3.05) is 0 Å². The summed E-state index contributed by atoms with van der Waals surface area (Å²) in [6.45, 7) is 0. The summed E-state index contributed by atoms with van der Waals surface area (Å²) in [7, 11) is 0. The van der Waals surface area contributed by atoms with Gasteiger partial charge in [0.1, 0.15) is 5.78 Å². The zero-order chi connectivity index (χ0) is 10.7. The Labute approximate surface area is 96.6 Å². The largest absolute Gasteiger partial charge is 0.299 e. The number of carbonyl (C=O) groups excluding carboxylic acids is 1. The molecule has 16 heavy (non-hydrogen) atoms. The van der Waals surface area contributed by atoms with E-state index in [0.717, 1.165) is 24.7 Å². The van der Waals surface area contributed by atoms with Gasteiger partial charge < -0.3 is 0 Å². The van der Waals surface area contributed by atoms with E-state index in [-0.39, 0.29) is 0 Å². The van der Waals surface area contributed by atoms with Crippen LogP contribution in [0.25, 0.3) is 0 Å². The second-order valence-corrected chi connectivity index (χ2v) is 6.18. The van der Waals surface area contributed by atoms with Gasteiger partial charge in [0.05, 0.1) is 0 Å². The van der Waals surface area contributed by atoms with E-state index in [1.165, 1.54) is 12.8 Å². The van der Waals surface area contributed by atoms with E-state index >= 15 is 0 Å². The summed E-state index contributed by atoms with van der Waals surface area (Å²) in [5, 5.41) is 0. The Bertz CT molecular complexity index is 356. The fourth-order valence-corrected chi connectivity index (χ4v) is 4.49. The maximum absolute atomic E-state index is 12.6. The van der Waals surface area contributed by atoms with Crippen LogP contribution in [0.1, 0.15) is 25.7 Å². The number of allylic oxidation sites excluding steroid dienone is 4. The third-order valence-corrected chi connectivity index (χ3v) is 5.29. The molecule has 4 aliphatic carbocycles. The van der Waals surface area contributed by atoms with E-state index in [2.05, 4.69) is 24.3 Å². The first-order valence-electron chi connectivity index (χ1n) is 6.71. The lowest BCUT2D eigenvalue weighted by Crippen LogP contribution is -2.29. The highest BCUT2D eigenvalue weighted by Gasteiger charge is 2.46. The minimum Gasteiger partial charge on any atom is -0.299 e. The molecular formula is C15H18O. The minimum absolute atomic E-state index is 0.382. The maximum atomic E-state index is 12.6. The molecule has 6 unspecified atom stereocenters. The topological polar surface area (TPSA) is 17.1 Å². The van der Waals surface area contributed by atoms with E-state index in [1.54, 1.807) is 0 Å². The van der Waals surface area contributed by atoms with Crippen molar-refractivity contribution < 1.29 is 4.79 Å². The molecule has 4 rings (SSSR count). The summed E-state index contributed by atoms with van der Waals surface area (Å²) < 4.78 is 0. The number of hydrogen-bond donors (Lipinski definition) is 0. The van der Waals surface area contributed by atoms with Crippen molar-refractivity contribution in [3.8, 4) is 0 Å². The van der Waals surface area contributed by atoms with Gasteiger partial charge in [-0.3, -0.25) is 4.79 Å². The normalized spacial score (nSPS) is 51.8. The Hall–Kier alpha value is -0.850. The van der Waals surface area contributed by atoms with E-state index in [4.69, 9.17) is 0 Å². The van der Waals surface area contributed by atoms with Crippen LogP contribution in [0.5, 0.6) is 0 Å². The molecule has 0 aromatic carbocycles. The van der Waals surface area contributed by atoms with Crippen LogP contribution in [0, 0.1) is 35.5 Å². The average molecular weight is 214 g/mol. The third-order valence-electron chi connectivity index (χ3n) is 5.29. The third kappa shape index (κ3) is 1.15. The highest BCUT2D eigenvalue weighted by molar-refractivity contribution is 5.85. The Morgan fingerprint density at radius 1 is 0.750 bits per heavy atom. The van der Waals surface area contributed by atoms with Gasteiger partial charge in [0.2, 0.25) is 0 Å². The summed E-state index contributed by atoms with van der Waals surface area (Å²) in [4.78, 5) is 12.6. The van der Waals surface area contributed by atoms with E-state index in [1.807, 2.05) is 0 Å². The molecular weight excluding hydrogens is 196 g/mol. The van der Waals surface area contributed by atoms with Crippen molar-refractivity contribution in [2.45, 2.75) is 25.7 Å². The molecule has 2 fully saturated rings. The number of rotatable bonds is 2. The summed E-state index contributed by atoms with van der Waals surface area (Å²) in [6, 6.07) is 0. The fourth-order valence-electron chi connectivity index (χ4n) is 4.49. The predicted molar refractivity (Wildman–Crippen MR) is 62.7 cm³/mol. The van der Waals surface area contributed by atoms with Crippen LogP contribution >= 0.6 is 0 Å². The van der Waals surface area contributed by atoms with E-state index in [9.17, 15) is 4.79 Å². The average Bonchev–Trinajstić information content (AvgIpc) is 3.06. The van der Waals surface area contributed by atoms with Gasteiger partial charge in [-0.15, -0.1) is 0 Å².